The number of aryl methyl sites for hydroxylation is 1. The quantitative estimate of drug-likeness (QED) is 0.683. The zero-order valence-corrected chi connectivity index (χ0v) is 8.32. The van der Waals surface area contributed by atoms with Crippen LogP contribution in [0.25, 0.3) is 0 Å². The van der Waals surface area contributed by atoms with Crippen LogP contribution in [0.15, 0.2) is 24.4 Å². The standard InChI is InChI=1S/C11H12N2O/c1-3-4-7-14-11-10(8-12)9(2)5-6-13-11/h3-6H,7H2,1-2H3/b4-3+. The number of nitrogens with zero attached hydrogens (tertiary/aromatic N) is 2. The van der Waals surface area contributed by atoms with E-state index in [-0.39, 0.29) is 0 Å². The smallest absolute Gasteiger partial charge is 0.232 e. The molecule has 0 fully saturated rings. The van der Waals surface area contributed by atoms with Crippen molar-refractivity contribution in [1.82, 2.24) is 4.98 Å². The Bertz CT molecular complexity index is 377. The third-order valence-electron chi connectivity index (χ3n) is 1.79. The van der Waals surface area contributed by atoms with Gasteiger partial charge in [-0.2, -0.15) is 5.26 Å². The highest BCUT2D eigenvalue weighted by molar-refractivity contribution is 5.43. The summed E-state index contributed by atoms with van der Waals surface area (Å²) in [5, 5.41) is 8.87. The van der Waals surface area contributed by atoms with Crippen molar-refractivity contribution in [2.45, 2.75) is 13.8 Å². The third-order valence-corrected chi connectivity index (χ3v) is 1.79. The second-order valence-electron chi connectivity index (χ2n) is 2.80. The monoisotopic (exact) mass is 188 g/mol. The van der Waals surface area contributed by atoms with Crippen molar-refractivity contribution in [2.75, 3.05) is 6.61 Å². The lowest BCUT2D eigenvalue weighted by molar-refractivity contribution is 0.347. The molecule has 0 atom stereocenters. The molecule has 72 valence electrons. The molecule has 0 saturated carbocycles. The number of allylic oxidation sites excluding steroid dienone is 1. The molecule has 0 bridgehead atoms. The van der Waals surface area contributed by atoms with Crippen molar-refractivity contribution in [1.29, 1.82) is 5.26 Å². The maximum Gasteiger partial charge on any atom is 0.232 e. The van der Waals surface area contributed by atoms with Crippen LogP contribution >= 0.6 is 0 Å². The Morgan fingerprint density at radius 3 is 3.07 bits per heavy atom. The third kappa shape index (κ3) is 2.33. The highest BCUT2D eigenvalue weighted by atomic mass is 16.5. The Morgan fingerprint density at radius 1 is 1.64 bits per heavy atom. The van der Waals surface area contributed by atoms with E-state index in [0.717, 1.165) is 5.56 Å². The molecule has 0 amide bonds. The molecule has 3 heteroatoms. The molecule has 1 aromatic rings. The lowest BCUT2D eigenvalue weighted by Crippen LogP contribution is -1.99. The fourth-order valence-corrected chi connectivity index (χ4v) is 1.00. The zero-order valence-electron chi connectivity index (χ0n) is 8.32. The highest BCUT2D eigenvalue weighted by Gasteiger charge is 2.06. The number of rotatable bonds is 3. The van der Waals surface area contributed by atoms with E-state index >= 15 is 0 Å². The molecular formula is C11H12N2O. The van der Waals surface area contributed by atoms with Gasteiger partial charge in [-0.25, -0.2) is 4.98 Å². The largest absolute Gasteiger partial charge is 0.472 e. The first-order chi connectivity index (χ1) is 6.79. The van der Waals surface area contributed by atoms with Gasteiger partial charge in [0.1, 0.15) is 18.2 Å². The van der Waals surface area contributed by atoms with Gasteiger partial charge < -0.3 is 4.74 Å². The molecule has 0 radical (unpaired) electrons. The van der Waals surface area contributed by atoms with Crippen molar-refractivity contribution in [3.63, 3.8) is 0 Å². The van der Waals surface area contributed by atoms with Gasteiger partial charge in [0.05, 0.1) is 0 Å². The van der Waals surface area contributed by atoms with Crippen LogP contribution in [-0.2, 0) is 0 Å². The fourth-order valence-electron chi connectivity index (χ4n) is 1.00. The molecular weight excluding hydrogens is 176 g/mol. The number of pyridine rings is 1. The second kappa shape index (κ2) is 5.03. The van der Waals surface area contributed by atoms with Crippen molar-refractivity contribution >= 4 is 0 Å². The second-order valence-corrected chi connectivity index (χ2v) is 2.80. The van der Waals surface area contributed by atoms with Crippen molar-refractivity contribution in [3.8, 4) is 11.9 Å². The van der Waals surface area contributed by atoms with E-state index in [2.05, 4.69) is 11.1 Å². The topological polar surface area (TPSA) is 45.9 Å². The predicted molar refractivity (Wildman–Crippen MR) is 54.0 cm³/mol. The zero-order chi connectivity index (χ0) is 10.4. The molecule has 0 aliphatic heterocycles. The van der Waals surface area contributed by atoms with Gasteiger partial charge in [0, 0.05) is 6.20 Å². The number of hydrogen-bond donors (Lipinski definition) is 0. The first-order valence-corrected chi connectivity index (χ1v) is 4.39. The van der Waals surface area contributed by atoms with E-state index in [0.29, 0.717) is 18.1 Å². The Morgan fingerprint density at radius 2 is 2.43 bits per heavy atom. The van der Waals surface area contributed by atoms with Crippen LogP contribution in [0.3, 0.4) is 0 Å². The van der Waals surface area contributed by atoms with Gasteiger partial charge in [-0.05, 0) is 25.5 Å². The fraction of sp³-hybridized carbons (Fsp3) is 0.273. The molecule has 0 aliphatic carbocycles. The van der Waals surface area contributed by atoms with Crippen LogP contribution in [-0.4, -0.2) is 11.6 Å². The summed E-state index contributed by atoms with van der Waals surface area (Å²) in [4.78, 5) is 4.00. The van der Waals surface area contributed by atoms with E-state index in [1.54, 1.807) is 12.3 Å². The van der Waals surface area contributed by atoms with E-state index in [4.69, 9.17) is 10.00 Å². The Labute approximate surface area is 83.7 Å². The van der Waals surface area contributed by atoms with Crippen LogP contribution in [0.1, 0.15) is 18.1 Å². The van der Waals surface area contributed by atoms with Crippen LogP contribution < -0.4 is 4.74 Å². The van der Waals surface area contributed by atoms with Crippen LogP contribution in [0.2, 0.25) is 0 Å². The van der Waals surface area contributed by atoms with Gasteiger partial charge in [-0.3, -0.25) is 0 Å². The van der Waals surface area contributed by atoms with Gasteiger partial charge >= 0.3 is 0 Å². The van der Waals surface area contributed by atoms with Gasteiger partial charge in [-0.15, -0.1) is 0 Å². The summed E-state index contributed by atoms with van der Waals surface area (Å²) in [6.45, 7) is 4.22. The summed E-state index contributed by atoms with van der Waals surface area (Å²) in [6, 6.07) is 3.87. The molecule has 0 aromatic carbocycles. The van der Waals surface area contributed by atoms with E-state index in [1.165, 1.54) is 0 Å². The maximum atomic E-state index is 8.87. The van der Waals surface area contributed by atoms with Gasteiger partial charge in [0.25, 0.3) is 0 Å². The molecule has 3 nitrogen and oxygen atoms in total. The molecule has 1 heterocycles. The van der Waals surface area contributed by atoms with Crippen molar-refractivity contribution in [3.05, 3.63) is 35.5 Å². The number of ether oxygens (including phenoxy) is 1. The van der Waals surface area contributed by atoms with E-state index in [1.807, 2.05) is 26.0 Å². The normalized spacial score (nSPS) is 10.1. The van der Waals surface area contributed by atoms with Gasteiger partial charge in [0.15, 0.2) is 0 Å². The molecule has 1 aromatic heterocycles. The summed E-state index contributed by atoms with van der Waals surface area (Å²) >= 11 is 0. The first-order valence-electron chi connectivity index (χ1n) is 4.39. The average Bonchev–Trinajstić information content (AvgIpc) is 2.18. The molecule has 0 spiro atoms. The minimum Gasteiger partial charge on any atom is -0.472 e. The summed E-state index contributed by atoms with van der Waals surface area (Å²) in [7, 11) is 0. The predicted octanol–water partition coefficient (Wildman–Crippen LogP) is 2.22. The van der Waals surface area contributed by atoms with Gasteiger partial charge in [-0.1, -0.05) is 12.2 Å². The Kier molecular flexibility index (Phi) is 3.69. The average molecular weight is 188 g/mol. The molecule has 14 heavy (non-hydrogen) atoms. The number of aromatic nitrogens is 1. The highest BCUT2D eigenvalue weighted by Crippen LogP contribution is 2.17. The minimum absolute atomic E-state index is 0.408. The van der Waals surface area contributed by atoms with Crippen LogP contribution in [0.4, 0.5) is 0 Å². The van der Waals surface area contributed by atoms with Gasteiger partial charge in [0.2, 0.25) is 5.88 Å². The molecule has 0 unspecified atom stereocenters. The Hall–Kier alpha value is -1.82. The minimum atomic E-state index is 0.408. The lowest BCUT2D eigenvalue weighted by atomic mass is 10.2. The Balaban J connectivity index is 2.86. The van der Waals surface area contributed by atoms with E-state index < -0.39 is 0 Å². The number of nitriles is 1. The summed E-state index contributed by atoms with van der Waals surface area (Å²) < 4.78 is 5.33. The summed E-state index contributed by atoms with van der Waals surface area (Å²) in [5.74, 6) is 0.408. The molecule has 0 aliphatic rings. The number of hydrogen-bond acceptors (Lipinski definition) is 3. The maximum absolute atomic E-state index is 8.87. The first kappa shape index (κ1) is 10.3. The summed E-state index contributed by atoms with van der Waals surface area (Å²) in [5.41, 5.74) is 1.40. The van der Waals surface area contributed by atoms with Crippen LogP contribution in [0.5, 0.6) is 5.88 Å². The molecule has 0 saturated heterocycles. The lowest BCUT2D eigenvalue weighted by Gasteiger charge is -2.05. The van der Waals surface area contributed by atoms with Crippen molar-refractivity contribution < 1.29 is 4.74 Å². The molecule has 0 N–H and O–H groups in total. The summed E-state index contributed by atoms with van der Waals surface area (Å²) in [6.07, 6.45) is 5.40. The molecule has 1 rings (SSSR count). The van der Waals surface area contributed by atoms with E-state index in [9.17, 15) is 0 Å². The van der Waals surface area contributed by atoms with Crippen molar-refractivity contribution in [2.24, 2.45) is 0 Å². The van der Waals surface area contributed by atoms with Crippen LogP contribution in [0, 0.1) is 18.3 Å². The SMILES string of the molecule is C/C=C/COc1nccc(C)c1C#N.